The Morgan fingerprint density at radius 3 is 2.71 bits per heavy atom. The Bertz CT molecular complexity index is 340. The predicted octanol–water partition coefficient (Wildman–Crippen LogP) is 1.02. The first-order valence-electron chi connectivity index (χ1n) is 6.50. The third kappa shape index (κ3) is 3.26. The Hall–Kier alpha value is -0.940. The molecular weight excluding hydrogens is 214 g/mol. The molecule has 0 aliphatic heterocycles. The number of hydrogen-bond donors (Lipinski definition) is 2. The minimum absolute atomic E-state index is 0.333. The molecule has 2 rings (SSSR count). The molecule has 1 atom stereocenters. The van der Waals surface area contributed by atoms with Crippen molar-refractivity contribution < 1.29 is 0 Å². The lowest BCUT2D eigenvalue weighted by atomic mass is 9.78. The van der Waals surface area contributed by atoms with E-state index in [1.54, 1.807) is 4.68 Å². The number of aryl methyl sites for hydroxylation is 1. The van der Waals surface area contributed by atoms with Crippen molar-refractivity contribution in [1.29, 1.82) is 0 Å². The third-order valence-electron chi connectivity index (χ3n) is 3.92. The summed E-state index contributed by atoms with van der Waals surface area (Å²) in [5.41, 5.74) is 3.99. The quantitative estimate of drug-likeness (QED) is 0.606. The number of hydrogen-bond acceptors (Lipinski definition) is 4. The minimum atomic E-state index is 0.333. The van der Waals surface area contributed by atoms with Gasteiger partial charge in [-0.25, -0.2) is 0 Å². The average molecular weight is 237 g/mol. The summed E-state index contributed by atoms with van der Waals surface area (Å²) in [6.45, 7) is 2.34. The molecule has 96 valence electrons. The Morgan fingerprint density at radius 2 is 2.18 bits per heavy atom. The second-order valence-corrected chi connectivity index (χ2v) is 5.38. The lowest BCUT2D eigenvalue weighted by molar-refractivity contribution is 0.229. The summed E-state index contributed by atoms with van der Waals surface area (Å²) in [5.74, 6) is 7.24. The van der Waals surface area contributed by atoms with Gasteiger partial charge in [0.25, 0.3) is 0 Å². The lowest BCUT2D eigenvalue weighted by Crippen LogP contribution is -2.43. The van der Waals surface area contributed by atoms with Crippen LogP contribution in [0.3, 0.4) is 0 Å². The molecule has 3 N–H and O–H groups in total. The van der Waals surface area contributed by atoms with Gasteiger partial charge < -0.3 is 0 Å². The van der Waals surface area contributed by atoms with Crippen molar-refractivity contribution >= 4 is 0 Å². The van der Waals surface area contributed by atoms with Crippen LogP contribution in [-0.4, -0.2) is 21.0 Å². The van der Waals surface area contributed by atoms with Crippen LogP contribution < -0.4 is 11.3 Å². The van der Waals surface area contributed by atoms with Gasteiger partial charge in [0.2, 0.25) is 0 Å². The smallest absolute Gasteiger partial charge is 0.0843 e. The van der Waals surface area contributed by atoms with Crippen molar-refractivity contribution in [2.24, 2.45) is 24.7 Å². The molecule has 5 nitrogen and oxygen atoms in total. The van der Waals surface area contributed by atoms with E-state index in [-0.39, 0.29) is 0 Å². The summed E-state index contributed by atoms with van der Waals surface area (Å²) in [6.07, 6.45) is 8.04. The first-order chi connectivity index (χ1) is 8.19. The molecule has 1 aliphatic rings. The predicted molar refractivity (Wildman–Crippen MR) is 66.9 cm³/mol. The Kier molecular flexibility index (Phi) is 4.12. The highest BCUT2D eigenvalue weighted by atomic mass is 15.4. The van der Waals surface area contributed by atoms with Gasteiger partial charge in [-0.1, -0.05) is 25.0 Å². The third-order valence-corrected chi connectivity index (χ3v) is 3.92. The molecule has 17 heavy (non-hydrogen) atoms. The highest BCUT2D eigenvalue weighted by Gasteiger charge is 2.26. The lowest BCUT2D eigenvalue weighted by Gasteiger charge is -2.32. The van der Waals surface area contributed by atoms with Crippen LogP contribution >= 0.6 is 0 Å². The van der Waals surface area contributed by atoms with Gasteiger partial charge in [-0.3, -0.25) is 16.0 Å². The van der Waals surface area contributed by atoms with Crippen molar-refractivity contribution in [1.82, 2.24) is 20.4 Å². The molecule has 0 amide bonds. The zero-order valence-electron chi connectivity index (χ0n) is 10.8. The van der Waals surface area contributed by atoms with Crippen molar-refractivity contribution in [2.45, 2.75) is 45.1 Å². The molecule has 1 aromatic heterocycles. The van der Waals surface area contributed by atoms with Crippen molar-refractivity contribution in [2.75, 3.05) is 0 Å². The van der Waals surface area contributed by atoms with Crippen LogP contribution in [0.1, 0.15) is 38.3 Å². The van der Waals surface area contributed by atoms with Crippen LogP contribution in [0.5, 0.6) is 0 Å². The molecule has 0 radical (unpaired) electrons. The number of aromatic nitrogens is 3. The van der Waals surface area contributed by atoms with E-state index < -0.39 is 0 Å². The van der Waals surface area contributed by atoms with Crippen LogP contribution in [0, 0.1) is 11.8 Å². The monoisotopic (exact) mass is 237 g/mol. The van der Waals surface area contributed by atoms with Crippen molar-refractivity contribution in [3.8, 4) is 0 Å². The van der Waals surface area contributed by atoms with Gasteiger partial charge >= 0.3 is 0 Å². The highest BCUT2D eigenvalue weighted by molar-refractivity contribution is 4.97. The van der Waals surface area contributed by atoms with Crippen LogP contribution in [0.25, 0.3) is 0 Å². The summed E-state index contributed by atoms with van der Waals surface area (Å²) in [4.78, 5) is 0. The van der Waals surface area contributed by atoms with Crippen molar-refractivity contribution in [3.05, 3.63) is 11.9 Å². The van der Waals surface area contributed by atoms with Crippen LogP contribution in [0.2, 0.25) is 0 Å². The average Bonchev–Trinajstić information content (AvgIpc) is 2.73. The van der Waals surface area contributed by atoms with E-state index in [0.29, 0.717) is 12.0 Å². The Morgan fingerprint density at radius 1 is 1.47 bits per heavy atom. The number of nitrogens with one attached hydrogen (secondary N) is 1. The Labute approximate surface area is 103 Å². The van der Waals surface area contributed by atoms with Gasteiger partial charge in [0.15, 0.2) is 0 Å². The van der Waals surface area contributed by atoms with Gasteiger partial charge in [0.05, 0.1) is 5.69 Å². The summed E-state index contributed by atoms with van der Waals surface area (Å²) < 4.78 is 1.74. The molecule has 5 heteroatoms. The summed E-state index contributed by atoms with van der Waals surface area (Å²) >= 11 is 0. The van der Waals surface area contributed by atoms with Gasteiger partial charge in [-0.2, -0.15) is 0 Å². The van der Waals surface area contributed by atoms with E-state index >= 15 is 0 Å². The van der Waals surface area contributed by atoms with E-state index in [1.165, 1.54) is 25.7 Å². The number of nitrogens with zero attached hydrogens (tertiary/aromatic N) is 3. The first kappa shape index (κ1) is 12.5. The Balaban J connectivity index is 1.92. The zero-order valence-corrected chi connectivity index (χ0v) is 10.8. The fourth-order valence-corrected chi connectivity index (χ4v) is 2.76. The molecular formula is C12H23N5. The molecule has 1 heterocycles. The molecule has 1 aliphatic carbocycles. The van der Waals surface area contributed by atoms with Gasteiger partial charge in [-0.15, -0.1) is 5.10 Å². The van der Waals surface area contributed by atoms with Crippen LogP contribution in [0.4, 0.5) is 0 Å². The number of rotatable bonds is 4. The number of nitrogens with two attached hydrogens (primary N) is 1. The molecule has 1 saturated carbocycles. The zero-order chi connectivity index (χ0) is 12.3. The summed E-state index contributed by atoms with van der Waals surface area (Å²) in [5, 5.41) is 8.09. The van der Waals surface area contributed by atoms with E-state index in [4.69, 9.17) is 5.84 Å². The summed E-state index contributed by atoms with van der Waals surface area (Å²) in [6, 6.07) is 0.333. The second kappa shape index (κ2) is 5.60. The maximum absolute atomic E-state index is 5.69. The second-order valence-electron chi connectivity index (χ2n) is 5.38. The van der Waals surface area contributed by atoms with E-state index in [1.807, 2.05) is 13.2 Å². The van der Waals surface area contributed by atoms with Gasteiger partial charge in [0.1, 0.15) is 0 Å². The molecule has 0 aromatic carbocycles. The van der Waals surface area contributed by atoms with E-state index in [0.717, 1.165) is 18.0 Å². The van der Waals surface area contributed by atoms with Gasteiger partial charge in [0, 0.05) is 25.7 Å². The van der Waals surface area contributed by atoms with Gasteiger partial charge in [-0.05, 0) is 24.7 Å². The fraction of sp³-hybridized carbons (Fsp3) is 0.833. The molecule has 1 fully saturated rings. The fourth-order valence-electron chi connectivity index (χ4n) is 2.76. The first-order valence-corrected chi connectivity index (χ1v) is 6.50. The van der Waals surface area contributed by atoms with Crippen molar-refractivity contribution in [3.63, 3.8) is 0 Å². The normalized spacial score (nSPS) is 27.0. The maximum Gasteiger partial charge on any atom is 0.0843 e. The largest absolute Gasteiger partial charge is 0.271 e. The van der Waals surface area contributed by atoms with Crippen LogP contribution in [0.15, 0.2) is 6.20 Å². The SMILES string of the molecule is CC1CCC(C(Cc2cn(C)nn2)NN)CC1. The standard InChI is InChI=1S/C12H23N5/c1-9-3-5-10(6-4-9)12(14-13)7-11-8-17(2)16-15-11/h8-10,12,14H,3-7,13H2,1-2H3. The number of hydrazine groups is 1. The molecule has 1 aromatic rings. The molecule has 0 saturated heterocycles. The minimum Gasteiger partial charge on any atom is -0.271 e. The molecule has 0 bridgehead atoms. The maximum atomic E-state index is 5.69. The molecule has 1 unspecified atom stereocenters. The topological polar surface area (TPSA) is 68.8 Å². The van der Waals surface area contributed by atoms with E-state index in [2.05, 4.69) is 22.7 Å². The van der Waals surface area contributed by atoms with Crippen LogP contribution in [-0.2, 0) is 13.5 Å². The summed E-state index contributed by atoms with van der Waals surface area (Å²) in [7, 11) is 1.89. The highest BCUT2D eigenvalue weighted by Crippen LogP contribution is 2.31. The van der Waals surface area contributed by atoms with E-state index in [9.17, 15) is 0 Å². The molecule has 0 spiro atoms.